The Morgan fingerprint density at radius 1 is 1.27 bits per heavy atom. The van der Waals surface area contributed by atoms with Crippen LogP contribution in [0.2, 0.25) is 0 Å². The van der Waals surface area contributed by atoms with Crippen molar-refractivity contribution in [3.05, 3.63) is 22.3 Å². The average molecular weight is 733 g/mol. The lowest BCUT2D eigenvalue weighted by molar-refractivity contribution is -0.167. The monoisotopic (exact) mass is 732 g/mol. The first-order valence-corrected chi connectivity index (χ1v) is 15.6. The van der Waals surface area contributed by atoms with Gasteiger partial charge in [0, 0.05) is 16.9 Å². The third-order valence-electron chi connectivity index (χ3n) is 5.90. The number of nitrogens with zero attached hydrogens (tertiary/aromatic N) is 8. The minimum absolute atomic E-state index is 0.0211. The molecule has 19 nitrogen and oxygen atoms in total. The fraction of sp³-hybridized carbons (Fsp3) is 0.348. The van der Waals surface area contributed by atoms with Crippen molar-refractivity contribution in [2.75, 3.05) is 30.5 Å². The Morgan fingerprint density at radius 3 is 2.67 bits per heavy atom. The first kappa shape index (κ1) is 35.6. The Morgan fingerprint density at radius 2 is 2.02 bits per heavy atom. The number of terminal acetylenes is 1. The molecule has 0 saturated carbocycles. The van der Waals surface area contributed by atoms with Gasteiger partial charge in [-0.1, -0.05) is 28.0 Å². The van der Waals surface area contributed by atoms with Gasteiger partial charge in [-0.2, -0.15) is 13.2 Å². The second kappa shape index (κ2) is 15.1. The summed E-state index contributed by atoms with van der Waals surface area (Å²) in [5, 5.41) is 41.0. The molecule has 0 bridgehead atoms. The van der Waals surface area contributed by atoms with Crippen LogP contribution in [0, 0.1) is 12.3 Å². The van der Waals surface area contributed by atoms with E-state index < -0.39 is 70.4 Å². The summed E-state index contributed by atoms with van der Waals surface area (Å²) in [4.78, 5) is 75.4. The number of alkyl halides is 3. The number of anilines is 1. The number of hydrogen-bond acceptors (Lipinski definition) is 16. The Bertz CT molecular complexity index is 1770. The van der Waals surface area contributed by atoms with Crippen molar-refractivity contribution in [1.29, 1.82) is 0 Å². The molecular weight excluding hydrogens is 714 g/mol. The average Bonchev–Trinajstić information content (AvgIpc) is 3.68. The minimum atomic E-state index is -5.20. The SMILES string of the molecule is C#CCON=C(C(=O)NC1C(=O)N2C(C(=O)O)=C(CSc3nnnn3CC(=NOC)C(=O)O)CS[C@H]12)c1csc(NC(=O)C(F)(F)F)n1. The summed E-state index contributed by atoms with van der Waals surface area (Å²) in [6.45, 7) is -0.774. The highest BCUT2D eigenvalue weighted by atomic mass is 32.2. The fourth-order valence-corrected chi connectivity index (χ4v) is 6.94. The molecule has 25 heteroatoms. The van der Waals surface area contributed by atoms with Gasteiger partial charge in [-0.15, -0.1) is 34.6 Å². The summed E-state index contributed by atoms with van der Waals surface area (Å²) >= 11 is 2.64. The van der Waals surface area contributed by atoms with Crippen molar-refractivity contribution in [2.24, 2.45) is 10.3 Å². The van der Waals surface area contributed by atoms with E-state index in [4.69, 9.17) is 11.3 Å². The number of carbonyl (C=O) groups excluding carboxylic acids is 3. The molecule has 48 heavy (non-hydrogen) atoms. The zero-order valence-electron chi connectivity index (χ0n) is 23.8. The van der Waals surface area contributed by atoms with E-state index >= 15 is 0 Å². The van der Waals surface area contributed by atoms with Gasteiger partial charge >= 0.3 is 24.0 Å². The molecule has 4 N–H and O–H groups in total. The Kier molecular flexibility index (Phi) is 11.2. The highest BCUT2D eigenvalue weighted by Crippen LogP contribution is 2.41. The number of hydrogen-bond donors (Lipinski definition) is 4. The summed E-state index contributed by atoms with van der Waals surface area (Å²) in [7, 11) is 1.16. The molecule has 0 aromatic carbocycles. The third-order valence-corrected chi connectivity index (χ3v) is 9.04. The molecule has 2 atom stereocenters. The molecule has 3 amide bonds. The molecule has 2 aromatic heterocycles. The minimum Gasteiger partial charge on any atom is -0.477 e. The molecule has 1 saturated heterocycles. The number of thioether (sulfide) groups is 2. The van der Waals surface area contributed by atoms with Gasteiger partial charge in [-0.3, -0.25) is 24.6 Å². The van der Waals surface area contributed by atoms with Gasteiger partial charge in [0.15, 0.2) is 23.2 Å². The summed E-state index contributed by atoms with van der Waals surface area (Å²) in [6.07, 6.45) is -0.0830. The predicted octanol–water partition coefficient (Wildman–Crippen LogP) is -0.398. The Labute approximate surface area is 277 Å². The number of oxime groups is 2. The molecule has 2 aliphatic heterocycles. The predicted molar refractivity (Wildman–Crippen MR) is 158 cm³/mol. The number of nitrogens with one attached hydrogen (secondary N) is 2. The lowest BCUT2D eigenvalue weighted by Crippen LogP contribution is -2.71. The van der Waals surface area contributed by atoms with E-state index in [9.17, 15) is 47.4 Å². The van der Waals surface area contributed by atoms with Crippen LogP contribution >= 0.6 is 34.9 Å². The third kappa shape index (κ3) is 8.01. The van der Waals surface area contributed by atoms with Gasteiger partial charge in [-0.25, -0.2) is 19.3 Å². The second-order valence-electron chi connectivity index (χ2n) is 8.96. The number of aromatic nitrogens is 5. The molecular formula is C23H19F3N10O9S3. The number of fused-ring (bicyclic) bond motifs is 1. The zero-order chi connectivity index (χ0) is 35.2. The van der Waals surface area contributed by atoms with Crippen molar-refractivity contribution < 1.29 is 57.0 Å². The molecule has 0 aliphatic carbocycles. The van der Waals surface area contributed by atoms with Crippen LogP contribution in [0.15, 0.2) is 32.1 Å². The number of rotatable bonds is 14. The van der Waals surface area contributed by atoms with Crippen molar-refractivity contribution in [3.63, 3.8) is 0 Å². The van der Waals surface area contributed by atoms with Gasteiger partial charge in [0.05, 0.1) is 6.54 Å². The van der Waals surface area contributed by atoms with Crippen molar-refractivity contribution in [1.82, 2.24) is 35.4 Å². The number of carboxylic acid groups (broad SMARTS) is 2. The number of carbonyl (C=O) groups is 5. The molecule has 254 valence electrons. The number of tetrazole rings is 1. The Hall–Kier alpha value is -5.22. The van der Waals surface area contributed by atoms with E-state index in [0.717, 1.165) is 45.6 Å². The van der Waals surface area contributed by atoms with Crippen molar-refractivity contribution >= 4 is 81.1 Å². The standard InChI is InChI=1S/C23H19F3N10O9S3/c1-3-4-45-32-12(11-8-47-21(27-11)29-20(43)23(24,25)26)15(37)28-13-16(38)36-14(19(41)42)9(6-46-17(13)36)7-48-22-30-33-34-35(22)5-10(18(39)40)31-44-2/h1,8,13,17H,4-7H2,2H3,(H,28,37)(H,39,40)(H,41,42)(H,27,29,43)/t13?,17-/m1/s1. The summed E-state index contributed by atoms with van der Waals surface area (Å²) < 4.78 is 39.0. The zero-order valence-corrected chi connectivity index (χ0v) is 26.3. The van der Waals surface area contributed by atoms with E-state index in [1.807, 2.05) is 0 Å². The highest BCUT2D eigenvalue weighted by molar-refractivity contribution is 8.01. The van der Waals surface area contributed by atoms with Gasteiger partial charge < -0.3 is 25.2 Å². The van der Waals surface area contributed by atoms with E-state index in [0.29, 0.717) is 16.9 Å². The normalized spacial score (nSPS) is 18.0. The molecule has 4 rings (SSSR count). The van der Waals surface area contributed by atoms with Gasteiger partial charge in [-0.05, 0) is 16.0 Å². The van der Waals surface area contributed by atoms with Gasteiger partial charge in [0.1, 0.15) is 29.9 Å². The maximum atomic E-state index is 13.2. The first-order valence-electron chi connectivity index (χ1n) is 12.7. The van der Waals surface area contributed by atoms with Gasteiger partial charge in [0.25, 0.3) is 11.8 Å². The van der Waals surface area contributed by atoms with Crippen LogP contribution in [0.5, 0.6) is 0 Å². The highest BCUT2D eigenvalue weighted by Gasteiger charge is 2.54. The van der Waals surface area contributed by atoms with E-state index in [1.54, 1.807) is 5.32 Å². The number of amides is 3. The lowest BCUT2D eigenvalue weighted by Gasteiger charge is -2.49. The smallest absolute Gasteiger partial charge is 0.471 e. The van der Waals surface area contributed by atoms with E-state index in [2.05, 4.69) is 46.9 Å². The topological polar surface area (TPSA) is 253 Å². The van der Waals surface area contributed by atoms with Crippen LogP contribution in [-0.2, 0) is 40.2 Å². The number of aliphatic carboxylic acids is 2. The number of thiazole rings is 1. The number of halogens is 3. The quantitative estimate of drug-likeness (QED) is 0.0482. The van der Waals surface area contributed by atoms with Crippen LogP contribution in [0.25, 0.3) is 0 Å². The summed E-state index contributed by atoms with van der Waals surface area (Å²) in [5.74, 6) is -4.81. The molecule has 0 spiro atoms. The van der Waals surface area contributed by atoms with Crippen LogP contribution in [-0.4, -0.2) is 124 Å². The van der Waals surface area contributed by atoms with E-state index in [1.165, 1.54) is 0 Å². The second-order valence-corrected chi connectivity index (χ2v) is 11.9. The maximum absolute atomic E-state index is 13.2. The fourth-order valence-electron chi connectivity index (χ4n) is 3.89. The summed E-state index contributed by atoms with van der Waals surface area (Å²) in [6, 6.07) is -1.26. The molecule has 4 heterocycles. The van der Waals surface area contributed by atoms with Crippen molar-refractivity contribution in [2.45, 2.75) is 29.3 Å². The van der Waals surface area contributed by atoms with E-state index in [-0.39, 0.29) is 34.6 Å². The maximum Gasteiger partial charge on any atom is 0.471 e. The van der Waals surface area contributed by atoms with Crippen LogP contribution < -0.4 is 10.6 Å². The first-order chi connectivity index (χ1) is 22.8. The van der Waals surface area contributed by atoms with Crippen molar-refractivity contribution in [3.8, 4) is 12.3 Å². The molecule has 1 fully saturated rings. The van der Waals surface area contributed by atoms with Crippen LogP contribution in [0.4, 0.5) is 18.3 Å². The molecule has 2 aromatic rings. The van der Waals surface area contributed by atoms with Gasteiger partial charge in [0.2, 0.25) is 5.16 Å². The summed E-state index contributed by atoms with van der Waals surface area (Å²) in [5.41, 5.74) is -1.36. The number of β-lactam (4-membered cyclic amide) rings is 1. The number of carboxylic acids is 2. The Balaban J connectivity index is 1.48. The molecule has 1 unspecified atom stereocenters. The lowest BCUT2D eigenvalue weighted by atomic mass is 10.0. The van der Waals surface area contributed by atoms with Crippen LogP contribution in [0.3, 0.4) is 0 Å². The molecule has 0 radical (unpaired) electrons. The largest absolute Gasteiger partial charge is 0.477 e. The molecule has 2 aliphatic rings. The van der Waals surface area contributed by atoms with Crippen LogP contribution in [0.1, 0.15) is 5.69 Å².